The lowest BCUT2D eigenvalue weighted by Gasteiger charge is -2.33. The third-order valence-electron chi connectivity index (χ3n) is 7.67. The number of rotatable bonds is 7. The van der Waals surface area contributed by atoms with E-state index in [4.69, 9.17) is 4.74 Å². The summed E-state index contributed by atoms with van der Waals surface area (Å²) in [4.78, 5) is 14.2. The molecule has 2 amide bonds. The molecule has 2 aliphatic heterocycles. The molecule has 41 heavy (non-hydrogen) atoms. The molecule has 2 aliphatic rings. The van der Waals surface area contributed by atoms with Gasteiger partial charge in [0.15, 0.2) is 0 Å². The first-order valence-electron chi connectivity index (χ1n) is 13.4. The lowest BCUT2D eigenvalue weighted by atomic mass is 9.89. The first-order valence-corrected chi connectivity index (χ1v) is 13.4. The van der Waals surface area contributed by atoms with Crippen molar-refractivity contribution < 1.29 is 45.4 Å². The summed E-state index contributed by atoms with van der Waals surface area (Å²) in [6.07, 6.45) is -8.27. The van der Waals surface area contributed by atoms with Crippen LogP contribution in [0.1, 0.15) is 42.4 Å². The predicted octanol–water partition coefficient (Wildman–Crippen LogP) is 5.89. The van der Waals surface area contributed by atoms with E-state index in [0.717, 1.165) is 30.5 Å². The molecule has 2 aromatic carbocycles. The second-order valence-electron chi connectivity index (χ2n) is 10.6. The number of carbonyl (C=O) groups excluding carboxylic acids is 1. The van der Waals surface area contributed by atoms with Crippen LogP contribution in [0.2, 0.25) is 0 Å². The maximum absolute atomic E-state index is 14.7. The molecule has 3 N–H and O–H groups in total. The summed E-state index contributed by atoms with van der Waals surface area (Å²) in [5, 5.41) is 14.9. The SMILES string of the molecule is O=C(Nc1ccc(CC2CCN(Cc3ccc(C(O)(C(F)(F)F)C(F)(F)F)cc3)CC2)cc1F)NC1CCOCC1. The van der Waals surface area contributed by atoms with Crippen molar-refractivity contribution in [3.05, 3.63) is 65.0 Å². The minimum Gasteiger partial charge on any atom is -0.381 e. The van der Waals surface area contributed by atoms with E-state index in [2.05, 4.69) is 10.6 Å². The summed E-state index contributed by atoms with van der Waals surface area (Å²) in [5.41, 5.74) is -4.84. The molecule has 0 aliphatic carbocycles. The van der Waals surface area contributed by atoms with Gasteiger partial charge in [-0.05, 0) is 74.4 Å². The molecule has 2 heterocycles. The van der Waals surface area contributed by atoms with E-state index >= 15 is 0 Å². The summed E-state index contributed by atoms with van der Waals surface area (Å²) in [6, 6.07) is 7.85. The number of piperidine rings is 1. The van der Waals surface area contributed by atoms with E-state index in [0.29, 0.717) is 69.8 Å². The molecule has 2 fully saturated rings. The molecule has 0 saturated carbocycles. The summed E-state index contributed by atoms with van der Waals surface area (Å²) in [6.45, 7) is 2.77. The molecule has 0 atom stereocenters. The highest BCUT2D eigenvalue weighted by atomic mass is 19.4. The van der Waals surface area contributed by atoms with Crippen LogP contribution in [0.25, 0.3) is 0 Å². The van der Waals surface area contributed by atoms with Crippen LogP contribution in [0, 0.1) is 11.7 Å². The summed E-state index contributed by atoms with van der Waals surface area (Å²) < 4.78 is 98.5. The van der Waals surface area contributed by atoms with Gasteiger partial charge >= 0.3 is 18.4 Å². The van der Waals surface area contributed by atoms with Crippen molar-refractivity contribution in [1.29, 1.82) is 0 Å². The van der Waals surface area contributed by atoms with Gasteiger partial charge in [-0.3, -0.25) is 4.90 Å². The zero-order chi connectivity index (χ0) is 29.8. The Balaban J connectivity index is 1.26. The zero-order valence-corrected chi connectivity index (χ0v) is 22.1. The van der Waals surface area contributed by atoms with Crippen LogP contribution in [0.5, 0.6) is 0 Å². The molecule has 13 heteroatoms. The monoisotopic (exact) mass is 591 g/mol. The topological polar surface area (TPSA) is 73.8 Å². The number of urea groups is 1. The number of alkyl halides is 6. The van der Waals surface area contributed by atoms with E-state index < -0.39 is 35.4 Å². The molecule has 2 saturated heterocycles. The fourth-order valence-electron chi connectivity index (χ4n) is 5.25. The number of hydrogen-bond acceptors (Lipinski definition) is 4. The van der Waals surface area contributed by atoms with E-state index in [1.807, 2.05) is 4.90 Å². The van der Waals surface area contributed by atoms with Crippen LogP contribution in [-0.2, 0) is 23.3 Å². The van der Waals surface area contributed by atoms with Crippen LogP contribution >= 0.6 is 0 Å². The molecule has 6 nitrogen and oxygen atoms in total. The molecule has 0 bridgehead atoms. The first kappa shape index (κ1) is 31.0. The Morgan fingerprint density at radius 2 is 1.49 bits per heavy atom. The third kappa shape index (κ3) is 7.49. The molecule has 4 rings (SSSR count). The van der Waals surface area contributed by atoms with Crippen molar-refractivity contribution in [3.63, 3.8) is 0 Å². The number of nitrogens with one attached hydrogen (secondary N) is 2. The van der Waals surface area contributed by atoms with Crippen molar-refractivity contribution in [1.82, 2.24) is 10.2 Å². The van der Waals surface area contributed by atoms with Crippen molar-refractivity contribution in [2.45, 2.75) is 62.6 Å². The van der Waals surface area contributed by atoms with Crippen LogP contribution in [-0.4, -0.2) is 60.7 Å². The van der Waals surface area contributed by atoms with E-state index in [-0.39, 0.29) is 17.6 Å². The fourth-order valence-corrected chi connectivity index (χ4v) is 5.25. The van der Waals surface area contributed by atoms with Gasteiger partial charge in [0, 0.05) is 31.4 Å². The van der Waals surface area contributed by atoms with Gasteiger partial charge in [-0.15, -0.1) is 0 Å². The molecule has 226 valence electrons. The van der Waals surface area contributed by atoms with E-state index in [1.165, 1.54) is 12.1 Å². The number of nitrogens with zero attached hydrogens (tertiary/aromatic N) is 1. The van der Waals surface area contributed by atoms with E-state index in [9.17, 15) is 40.6 Å². The number of benzene rings is 2. The molecule has 2 aromatic rings. The van der Waals surface area contributed by atoms with Gasteiger partial charge in [0.2, 0.25) is 0 Å². The van der Waals surface area contributed by atoms with Crippen molar-refractivity contribution in [3.8, 4) is 0 Å². The molecular formula is C28H32F7N3O3. The number of carbonyl (C=O) groups is 1. The summed E-state index contributed by atoms with van der Waals surface area (Å²) in [5.74, 6) is -0.273. The summed E-state index contributed by atoms with van der Waals surface area (Å²) in [7, 11) is 0. The standard InChI is InChI=1S/C28H32F7N3O3/c29-23-16-20(3-6-24(23)37-25(39)36-22-9-13-41-14-10-22)15-18-7-11-38(12-8-18)17-19-1-4-21(5-2-19)26(40,27(30,31)32)28(33,34)35/h1-6,16,18,22,40H,7-15,17H2,(H2,36,37,39). The predicted molar refractivity (Wildman–Crippen MR) is 137 cm³/mol. The third-order valence-corrected chi connectivity index (χ3v) is 7.67. The maximum Gasteiger partial charge on any atom is 0.430 e. The first-order chi connectivity index (χ1) is 19.3. The van der Waals surface area contributed by atoms with Crippen molar-refractivity contribution >= 4 is 11.7 Å². The summed E-state index contributed by atoms with van der Waals surface area (Å²) >= 11 is 0. The Labute approximate surface area is 232 Å². The van der Waals surface area contributed by atoms with Gasteiger partial charge in [-0.1, -0.05) is 30.3 Å². The number of amides is 2. The second-order valence-corrected chi connectivity index (χ2v) is 10.6. The van der Waals surface area contributed by atoms with Crippen LogP contribution < -0.4 is 10.6 Å². The number of aliphatic hydroxyl groups is 1. The molecular weight excluding hydrogens is 559 g/mol. The van der Waals surface area contributed by atoms with Gasteiger partial charge < -0.3 is 20.5 Å². The Morgan fingerprint density at radius 1 is 0.902 bits per heavy atom. The smallest absolute Gasteiger partial charge is 0.381 e. The minimum absolute atomic E-state index is 0.0138. The second kappa shape index (κ2) is 12.5. The van der Waals surface area contributed by atoms with E-state index in [1.54, 1.807) is 6.07 Å². The Hall–Kier alpha value is -2.90. The fraction of sp³-hybridized carbons (Fsp3) is 0.536. The number of anilines is 1. The van der Waals surface area contributed by atoms with Gasteiger partial charge in [0.1, 0.15) is 5.82 Å². The van der Waals surface area contributed by atoms with Gasteiger partial charge in [0.05, 0.1) is 5.69 Å². The van der Waals surface area contributed by atoms with Crippen LogP contribution in [0.15, 0.2) is 42.5 Å². The molecule has 0 radical (unpaired) electrons. The minimum atomic E-state index is -5.92. The largest absolute Gasteiger partial charge is 0.430 e. The van der Waals surface area contributed by atoms with Gasteiger partial charge in [0.25, 0.3) is 5.60 Å². The van der Waals surface area contributed by atoms with Gasteiger partial charge in [-0.25, -0.2) is 9.18 Å². The molecule has 0 aromatic heterocycles. The van der Waals surface area contributed by atoms with Crippen molar-refractivity contribution in [2.24, 2.45) is 5.92 Å². The number of likely N-dealkylation sites (tertiary alicyclic amines) is 1. The Bertz CT molecular complexity index is 1160. The van der Waals surface area contributed by atoms with Crippen molar-refractivity contribution in [2.75, 3.05) is 31.6 Å². The average Bonchev–Trinajstić information content (AvgIpc) is 2.90. The van der Waals surface area contributed by atoms with Crippen LogP contribution in [0.4, 0.5) is 41.2 Å². The number of hydrogen-bond donors (Lipinski definition) is 3. The number of ether oxygens (including phenoxy) is 1. The highest BCUT2D eigenvalue weighted by molar-refractivity contribution is 5.89. The Morgan fingerprint density at radius 3 is 2.05 bits per heavy atom. The lowest BCUT2D eigenvalue weighted by molar-refractivity contribution is -0.376. The zero-order valence-electron chi connectivity index (χ0n) is 22.1. The van der Waals surface area contributed by atoms with Crippen LogP contribution in [0.3, 0.4) is 0 Å². The molecule has 0 spiro atoms. The number of halogens is 7. The average molecular weight is 592 g/mol. The quantitative estimate of drug-likeness (QED) is 0.351. The highest BCUT2D eigenvalue weighted by Crippen LogP contribution is 2.50. The molecule has 0 unspecified atom stereocenters. The Kier molecular flexibility index (Phi) is 9.49. The highest BCUT2D eigenvalue weighted by Gasteiger charge is 2.71. The maximum atomic E-state index is 14.7. The van der Waals surface area contributed by atoms with Gasteiger partial charge in [-0.2, -0.15) is 26.3 Å². The lowest BCUT2D eigenvalue weighted by Crippen LogP contribution is -2.53. The normalized spacial score (nSPS) is 18.3.